The van der Waals surface area contributed by atoms with Gasteiger partial charge in [-0.15, -0.1) is 0 Å². The molecule has 9 heteroatoms. The fraction of sp³-hybridized carbons (Fsp3) is 0.355. The van der Waals surface area contributed by atoms with Gasteiger partial charge in [-0.05, 0) is 78.8 Å². The molecular weight excluding hydrogens is 548 g/mol. The van der Waals surface area contributed by atoms with Gasteiger partial charge in [0.15, 0.2) is 0 Å². The van der Waals surface area contributed by atoms with Crippen molar-refractivity contribution in [1.29, 1.82) is 0 Å². The molecule has 3 rings (SSSR count). The molecule has 214 valence electrons. The van der Waals surface area contributed by atoms with Crippen LogP contribution in [0.3, 0.4) is 0 Å². The number of hydrogen-bond donors (Lipinski definition) is 3. The van der Waals surface area contributed by atoms with Gasteiger partial charge in [0.2, 0.25) is 10.0 Å². The van der Waals surface area contributed by atoms with Gasteiger partial charge in [-0.25, -0.2) is 8.42 Å². The Morgan fingerprint density at radius 2 is 1.43 bits per heavy atom. The molecule has 1 unspecified atom stereocenters. The fourth-order valence-corrected chi connectivity index (χ4v) is 5.67. The van der Waals surface area contributed by atoms with Crippen LogP contribution in [0.15, 0.2) is 77.7 Å². The van der Waals surface area contributed by atoms with E-state index >= 15 is 0 Å². The Morgan fingerprint density at radius 3 is 2.02 bits per heavy atom. The fourth-order valence-electron chi connectivity index (χ4n) is 4.32. The first kappa shape index (κ1) is 31.3. The maximum atomic E-state index is 12.8. The Hall–Kier alpha value is -3.20. The minimum Gasteiger partial charge on any atom is -0.480 e. The third-order valence-electron chi connectivity index (χ3n) is 6.68. The lowest BCUT2D eigenvalue weighted by atomic mass is 10.0. The number of benzene rings is 3. The first-order chi connectivity index (χ1) is 19.2. The van der Waals surface area contributed by atoms with Crippen molar-refractivity contribution in [3.8, 4) is 11.1 Å². The Kier molecular flexibility index (Phi) is 12.2. The van der Waals surface area contributed by atoms with E-state index < -0.39 is 22.0 Å². The largest absolute Gasteiger partial charge is 0.480 e. The summed E-state index contributed by atoms with van der Waals surface area (Å²) < 4.78 is 28.0. The van der Waals surface area contributed by atoms with E-state index in [1.54, 1.807) is 36.4 Å². The summed E-state index contributed by atoms with van der Waals surface area (Å²) in [5.41, 5.74) is 3.41. The van der Waals surface area contributed by atoms with E-state index in [-0.39, 0.29) is 30.2 Å². The van der Waals surface area contributed by atoms with Crippen LogP contribution >= 0.6 is 11.6 Å². The molecule has 0 radical (unpaired) electrons. The number of rotatable bonds is 16. The molecule has 7 nitrogen and oxygen atoms in total. The average Bonchev–Trinajstić information content (AvgIpc) is 2.95. The van der Waals surface area contributed by atoms with Crippen LogP contribution < -0.4 is 10.0 Å². The van der Waals surface area contributed by atoms with E-state index in [2.05, 4.69) is 17.0 Å². The van der Waals surface area contributed by atoms with Gasteiger partial charge >= 0.3 is 5.97 Å². The number of nitrogens with one attached hydrogen (secondary N) is 2. The Labute approximate surface area is 242 Å². The second-order valence-electron chi connectivity index (χ2n) is 9.80. The van der Waals surface area contributed by atoms with Gasteiger partial charge in [-0.2, -0.15) is 4.72 Å². The zero-order valence-electron chi connectivity index (χ0n) is 22.7. The van der Waals surface area contributed by atoms with E-state index in [1.165, 1.54) is 43.4 Å². The Morgan fingerprint density at radius 1 is 0.825 bits per heavy atom. The number of halogens is 1. The molecule has 0 aliphatic heterocycles. The highest BCUT2D eigenvalue weighted by atomic mass is 35.5. The third-order valence-corrected chi connectivity index (χ3v) is 8.42. The van der Waals surface area contributed by atoms with Crippen molar-refractivity contribution < 1.29 is 23.1 Å². The number of carbonyl (C=O) groups is 2. The molecule has 1 atom stereocenters. The molecule has 40 heavy (non-hydrogen) atoms. The summed E-state index contributed by atoms with van der Waals surface area (Å²) in [5.74, 6) is -1.53. The zero-order valence-corrected chi connectivity index (χ0v) is 24.3. The third kappa shape index (κ3) is 9.77. The van der Waals surface area contributed by atoms with Gasteiger partial charge in [0, 0.05) is 17.1 Å². The smallest absolute Gasteiger partial charge is 0.321 e. The minimum absolute atomic E-state index is 0.0225. The number of carboxylic acids is 1. The summed E-state index contributed by atoms with van der Waals surface area (Å²) in [4.78, 5) is 24.2. The molecular formula is C31H37ClN2O5S. The summed E-state index contributed by atoms with van der Waals surface area (Å²) in [6.45, 7) is 2.42. The van der Waals surface area contributed by atoms with E-state index in [0.29, 0.717) is 10.6 Å². The zero-order chi connectivity index (χ0) is 29.0. The maximum absolute atomic E-state index is 12.8. The van der Waals surface area contributed by atoms with Crippen molar-refractivity contribution >= 4 is 33.5 Å². The molecule has 0 aliphatic rings. The molecule has 0 bridgehead atoms. The van der Waals surface area contributed by atoms with Crippen LogP contribution in [0, 0.1) is 0 Å². The summed E-state index contributed by atoms with van der Waals surface area (Å²) in [6, 6.07) is 19.5. The SMILES string of the molecule is CCCCCCCc1ccc(C(=O)NCCCC(NS(=O)(=O)c2ccc(-c3ccc(Cl)cc3)cc2)C(=O)O)cc1. The predicted octanol–water partition coefficient (Wildman–Crippen LogP) is 6.46. The monoisotopic (exact) mass is 584 g/mol. The average molecular weight is 585 g/mol. The van der Waals surface area contributed by atoms with Crippen LogP contribution in [0.4, 0.5) is 0 Å². The number of aryl methyl sites for hydroxylation is 1. The molecule has 0 heterocycles. The van der Waals surface area contributed by atoms with Crippen LogP contribution in [0.5, 0.6) is 0 Å². The maximum Gasteiger partial charge on any atom is 0.321 e. The number of unbranched alkanes of at least 4 members (excludes halogenated alkanes) is 4. The van der Waals surface area contributed by atoms with Crippen LogP contribution in [0.1, 0.15) is 67.8 Å². The molecule has 3 aromatic carbocycles. The summed E-state index contributed by atoms with van der Waals surface area (Å²) in [7, 11) is -4.06. The number of amides is 1. The topological polar surface area (TPSA) is 113 Å². The standard InChI is InChI=1S/C31H37ClN2O5S/c1-2-3-4-5-6-8-23-10-12-26(13-11-23)30(35)33-22-7-9-29(31(36)37)34-40(38,39)28-20-16-25(17-21-28)24-14-18-27(32)19-15-24/h10-21,29,34H,2-9,22H2,1H3,(H,33,35)(H,36,37). The second kappa shape index (κ2) is 15.6. The van der Waals surface area contributed by atoms with E-state index in [4.69, 9.17) is 11.6 Å². The Bertz CT molecular complexity index is 1340. The first-order valence-electron chi connectivity index (χ1n) is 13.7. The highest BCUT2D eigenvalue weighted by Crippen LogP contribution is 2.23. The molecule has 1 amide bonds. The molecule has 0 spiro atoms. The molecule has 0 fully saturated rings. The van der Waals surface area contributed by atoms with E-state index in [9.17, 15) is 23.1 Å². The Balaban J connectivity index is 1.47. The van der Waals surface area contributed by atoms with E-state index in [0.717, 1.165) is 24.0 Å². The van der Waals surface area contributed by atoms with Crippen molar-refractivity contribution in [2.24, 2.45) is 0 Å². The number of hydrogen-bond acceptors (Lipinski definition) is 4. The molecule has 0 aromatic heterocycles. The van der Waals surface area contributed by atoms with Crippen LogP contribution in [-0.2, 0) is 21.2 Å². The van der Waals surface area contributed by atoms with Crippen LogP contribution in [0.2, 0.25) is 5.02 Å². The summed E-state index contributed by atoms with van der Waals surface area (Å²) in [5, 5.41) is 13.0. The lowest BCUT2D eigenvalue weighted by Gasteiger charge is -2.15. The molecule has 0 saturated heterocycles. The van der Waals surface area contributed by atoms with Crippen molar-refractivity contribution in [2.45, 2.75) is 69.2 Å². The van der Waals surface area contributed by atoms with Gasteiger partial charge in [0.05, 0.1) is 4.90 Å². The van der Waals surface area contributed by atoms with Crippen molar-refractivity contribution in [1.82, 2.24) is 10.0 Å². The van der Waals surface area contributed by atoms with Gasteiger partial charge < -0.3 is 10.4 Å². The van der Waals surface area contributed by atoms with Crippen molar-refractivity contribution in [2.75, 3.05) is 6.54 Å². The summed E-state index contributed by atoms with van der Waals surface area (Å²) in [6.07, 6.45) is 7.37. The van der Waals surface area contributed by atoms with Gasteiger partial charge in [0.25, 0.3) is 5.91 Å². The minimum atomic E-state index is -4.06. The number of sulfonamides is 1. The normalized spacial score (nSPS) is 12.2. The van der Waals surface area contributed by atoms with Gasteiger partial charge in [0.1, 0.15) is 6.04 Å². The number of carboxylic acid groups (broad SMARTS) is 1. The molecule has 3 N–H and O–H groups in total. The second-order valence-corrected chi connectivity index (χ2v) is 12.0. The van der Waals surface area contributed by atoms with Crippen LogP contribution in [0.25, 0.3) is 11.1 Å². The predicted molar refractivity (Wildman–Crippen MR) is 159 cm³/mol. The molecule has 3 aromatic rings. The molecule has 0 aliphatic carbocycles. The lowest BCUT2D eigenvalue weighted by Crippen LogP contribution is -2.41. The first-order valence-corrected chi connectivity index (χ1v) is 15.5. The molecule has 0 saturated carbocycles. The summed E-state index contributed by atoms with van der Waals surface area (Å²) >= 11 is 5.92. The number of carbonyl (C=O) groups excluding carboxylic acids is 1. The van der Waals surface area contributed by atoms with Crippen LogP contribution in [-0.4, -0.2) is 38.0 Å². The highest BCUT2D eigenvalue weighted by molar-refractivity contribution is 7.89. The van der Waals surface area contributed by atoms with Crippen molar-refractivity contribution in [3.63, 3.8) is 0 Å². The van der Waals surface area contributed by atoms with Crippen molar-refractivity contribution in [3.05, 3.63) is 88.9 Å². The van der Waals surface area contributed by atoms with Gasteiger partial charge in [-0.1, -0.05) is 80.6 Å². The quantitative estimate of drug-likeness (QED) is 0.167. The highest BCUT2D eigenvalue weighted by Gasteiger charge is 2.25. The number of aliphatic carboxylic acids is 1. The van der Waals surface area contributed by atoms with Gasteiger partial charge in [-0.3, -0.25) is 9.59 Å². The van der Waals surface area contributed by atoms with E-state index in [1.807, 2.05) is 24.3 Å². The lowest BCUT2D eigenvalue weighted by molar-refractivity contribution is -0.139.